The molecule has 3 rings (SSSR count). The van der Waals surface area contributed by atoms with Gasteiger partial charge in [0.2, 0.25) is 0 Å². The lowest BCUT2D eigenvalue weighted by molar-refractivity contribution is 0.956. The van der Waals surface area contributed by atoms with Crippen LogP contribution in [-0.4, -0.2) is 9.55 Å². The fourth-order valence-electron chi connectivity index (χ4n) is 2.00. The van der Waals surface area contributed by atoms with Crippen molar-refractivity contribution in [1.29, 1.82) is 5.26 Å². The normalized spacial score (nSPS) is 10.9. The van der Waals surface area contributed by atoms with Crippen molar-refractivity contribution in [2.75, 3.05) is 0 Å². The van der Waals surface area contributed by atoms with Crippen LogP contribution in [0.4, 0.5) is 0 Å². The van der Waals surface area contributed by atoms with Crippen molar-refractivity contribution in [3.05, 3.63) is 34.5 Å². The van der Waals surface area contributed by atoms with Crippen molar-refractivity contribution >= 4 is 32.2 Å². The number of nitriles is 1. The average Bonchev–Trinajstić information content (AvgIpc) is 2.93. The second kappa shape index (κ2) is 4.23. The quantitative estimate of drug-likeness (QED) is 0.712. The minimum Gasteiger partial charge on any atom is -0.295 e. The van der Waals surface area contributed by atoms with Gasteiger partial charge in [-0.05, 0) is 32.0 Å². The first kappa shape index (κ1) is 11.5. The molecular formula is C13H11N3S2. The molecule has 0 bridgehead atoms. The molecule has 0 spiro atoms. The molecular weight excluding hydrogens is 262 g/mol. The van der Waals surface area contributed by atoms with Crippen LogP contribution in [0.1, 0.15) is 16.3 Å². The van der Waals surface area contributed by atoms with Crippen molar-refractivity contribution in [3.63, 3.8) is 0 Å². The molecule has 0 amide bonds. The van der Waals surface area contributed by atoms with Gasteiger partial charge < -0.3 is 0 Å². The third-order valence-electron chi connectivity index (χ3n) is 2.84. The number of thiophene rings is 1. The molecule has 0 radical (unpaired) electrons. The van der Waals surface area contributed by atoms with Crippen molar-refractivity contribution in [3.8, 4) is 11.2 Å². The number of aryl methyl sites for hydroxylation is 2. The molecule has 3 aromatic heterocycles. The monoisotopic (exact) mass is 273 g/mol. The summed E-state index contributed by atoms with van der Waals surface area (Å²) in [6.07, 6.45) is 0.477. The molecule has 3 nitrogen and oxygen atoms in total. The topological polar surface area (TPSA) is 41.6 Å². The fourth-order valence-corrected chi connectivity index (χ4v) is 4.28. The Balaban J connectivity index is 2.10. The van der Waals surface area contributed by atoms with Crippen molar-refractivity contribution in [1.82, 2.24) is 9.55 Å². The van der Waals surface area contributed by atoms with E-state index in [1.54, 1.807) is 22.7 Å². The fraction of sp³-hybridized carbons (Fsp3) is 0.231. The Morgan fingerprint density at radius 3 is 2.61 bits per heavy atom. The van der Waals surface area contributed by atoms with Gasteiger partial charge in [-0.15, -0.1) is 11.3 Å². The lowest BCUT2D eigenvalue weighted by Crippen LogP contribution is -1.97. The summed E-state index contributed by atoms with van der Waals surface area (Å²) in [4.78, 5) is 6.80. The van der Waals surface area contributed by atoms with Crippen LogP contribution in [0.5, 0.6) is 0 Å². The maximum atomic E-state index is 8.70. The zero-order valence-electron chi connectivity index (χ0n) is 10.1. The third-order valence-corrected chi connectivity index (χ3v) is 4.99. The molecule has 3 heterocycles. The Bertz CT molecular complexity index is 704. The van der Waals surface area contributed by atoms with E-state index in [9.17, 15) is 0 Å². The minimum absolute atomic E-state index is 0.477. The van der Waals surface area contributed by atoms with Gasteiger partial charge in [0.25, 0.3) is 0 Å². The largest absolute Gasteiger partial charge is 0.295 e. The maximum absolute atomic E-state index is 8.70. The molecule has 0 aliphatic heterocycles. The number of nitrogens with zero attached hydrogens (tertiary/aromatic N) is 3. The highest BCUT2D eigenvalue weighted by atomic mass is 32.1. The van der Waals surface area contributed by atoms with Crippen LogP contribution < -0.4 is 0 Å². The van der Waals surface area contributed by atoms with Gasteiger partial charge in [0.15, 0.2) is 5.13 Å². The maximum Gasteiger partial charge on any atom is 0.195 e. The van der Waals surface area contributed by atoms with Gasteiger partial charge >= 0.3 is 0 Å². The van der Waals surface area contributed by atoms with Crippen LogP contribution in [0.15, 0.2) is 18.2 Å². The van der Waals surface area contributed by atoms with E-state index in [0.717, 1.165) is 14.8 Å². The summed E-state index contributed by atoms with van der Waals surface area (Å²) in [7, 11) is 0. The predicted molar refractivity (Wildman–Crippen MR) is 75.6 cm³/mol. The van der Waals surface area contributed by atoms with Gasteiger partial charge in [-0.2, -0.15) is 5.26 Å². The van der Waals surface area contributed by atoms with E-state index in [-0.39, 0.29) is 0 Å². The summed E-state index contributed by atoms with van der Waals surface area (Å²) in [5.41, 5.74) is 2.40. The number of hydrogen-bond acceptors (Lipinski definition) is 4. The lowest BCUT2D eigenvalue weighted by atomic mass is 10.4. The molecule has 0 atom stereocenters. The van der Waals surface area contributed by atoms with Crippen LogP contribution in [0, 0.1) is 25.2 Å². The summed E-state index contributed by atoms with van der Waals surface area (Å²) in [6, 6.07) is 8.47. The van der Waals surface area contributed by atoms with E-state index in [1.165, 1.54) is 16.1 Å². The highest BCUT2D eigenvalue weighted by molar-refractivity contribution is 7.28. The second-order valence-corrected chi connectivity index (χ2v) is 6.29. The zero-order chi connectivity index (χ0) is 12.7. The van der Waals surface area contributed by atoms with E-state index in [2.05, 4.69) is 47.7 Å². The first-order valence-corrected chi connectivity index (χ1v) is 7.24. The lowest BCUT2D eigenvalue weighted by Gasteiger charge is -2.03. The van der Waals surface area contributed by atoms with Gasteiger partial charge in [-0.1, -0.05) is 11.3 Å². The Kier molecular flexibility index (Phi) is 2.69. The Morgan fingerprint density at radius 1 is 1.28 bits per heavy atom. The Hall–Kier alpha value is -1.64. The molecule has 0 unspecified atom stereocenters. The average molecular weight is 273 g/mol. The number of aromatic nitrogens is 2. The molecule has 0 saturated carbocycles. The van der Waals surface area contributed by atoms with Crippen molar-refractivity contribution in [2.45, 2.75) is 20.3 Å². The molecule has 5 heteroatoms. The van der Waals surface area contributed by atoms with Gasteiger partial charge in [0, 0.05) is 16.3 Å². The molecule has 3 aromatic rings. The second-order valence-electron chi connectivity index (χ2n) is 4.16. The van der Waals surface area contributed by atoms with Gasteiger partial charge in [-0.25, -0.2) is 4.98 Å². The van der Waals surface area contributed by atoms with Crippen LogP contribution in [-0.2, 0) is 6.42 Å². The summed E-state index contributed by atoms with van der Waals surface area (Å²) in [6.45, 7) is 4.17. The number of fused-ring (bicyclic) bond motifs is 1. The SMILES string of the molecule is Cc1ccc(C)n1-c1nc2sc(CC#N)cc2s1. The number of thiazole rings is 1. The van der Waals surface area contributed by atoms with Crippen molar-refractivity contribution in [2.24, 2.45) is 0 Å². The summed E-state index contributed by atoms with van der Waals surface area (Å²) >= 11 is 3.30. The van der Waals surface area contributed by atoms with Crippen LogP contribution in [0.25, 0.3) is 14.7 Å². The highest BCUT2D eigenvalue weighted by Crippen LogP contribution is 2.33. The Morgan fingerprint density at radius 2 is 2.00 bits per heavy atom. The molecule has 0 aliphatic carbocycles. The van der Waals surface area contributed by atoms with Gasteiger partial charge in [0.05, 0.1) is 17.2 Å². The third kappa shape index (κ3) is 1.74. The molecule has 90 valence electrons. The van der Waals surface area contributed by atoms with E-state index in [4.69, 9.17) is 5.26 Å². The summed E-state index contributed by atoms with van der Waals surface area (Å²) < 4.78 is 3.34. The van der Waals surface area contributed by atoms with E-state index in [1.807, 2.05) is 0 Å². The van der Waals surface area contributed by atoms with E-state index < -0.39 is 0 Å². The smallest absolute Gasteiger partial charge is 0.195 e. The van der Waals surface area contributed by atoms with E-state index in [0.29, 0.717) is 6.42 Å². The Labute approximate surface area is 113 Å². The number of rotatable bonds is 2. The van der Waals surface area contributed by atoms with Crippen LogP contribution in [0.2, 0.25) is 0 Å². The van der Waals surface area contributed by atoms with Crippen LogP contribution in [0.3, 0.4) is 0 Å². The van der Waals surface area contributed by atoms with Crippen molar-refractivity contribution < 1.29 is 0 Å². The molecule has 0 saturated heterocycles. The minimum atomic E-state index is 0.477. The molecule has 0 N–H and O–H groups in total. The standard InChI is InChI=1S/C13H11N3S2/c1-8-3-4-9(2)16(8)13-15-12-11(18-13)7-10(17-12)5-6-14/h3-4,7H,5H2,1-2H3. The van der Waals surface area contributed by atoms with Gasteiger partial charge in [0.1, 0.15) is 4.83 Å². The molecule has 0 aliphatic rings. The summed E-state index contributed by atoms with van der Waals surface area (Å²) in [5, 5.41) is 9.71. The highest BCUT2D eigenvalue weighted by Gasteiger charge is 2.12. The number of hydrogen-bond donors (Lipinski definition) is 0. The molecule has 0 aromatic carbocycles. The molecule has 0 fully saturated rings. The first-order chi connectivity index (χ1) is 8.69. The van der Waals surface area contributed by atoms with Crippen LogP contribution >= 0.6 is 22.7 Å². The molecule has 18 heavy (non-hydrogen) atoms. The first-order valence-electron chi connectivity index (χ1n) is 5.60. The summed E-state index contributed by atoms with van der Waals surface area (Å²) in [5.74, 6) is 0. The predicted octanol–water partition coefficient (Wildman–Crippen LogP) is 3.83. The zero-order valence-corrected chi connectivity index (χ0v) is 11.7. The van der Waals surface area contributed by atoms with E-state index >= 15 is 0 Å². The van der Waals surface area contributed by atoms with Gasteiger partial charge in [-0.3, -0.25) is 4.57 Å².